The lowest BCUT2D eigenvalue weighted by Gasteiger charge is -2.39. The molecule has 14 nitrogen and oxygen atoms in total. The lowest BCUT2D eigenvalue weighted by atomic mass is 9.80. The first-order valence-electron chi connectivity index (χ1n) is 16.6. The molecule has 2 unspecified atom stereocenters. The number of carbonyl (C=O) groups is 7. The maximum atomic E-state index is 14.3. The van der Waals surface area contributed by atoms with E-state index in [0.717, 1.165) is 24.2 Å². The summed E-state index contributed by atoms with van der Waals surface area (Å²) in [7, 11) is 0. The van der Waals surface area contributed by atoms with Gasteiger partial charge in [-0.15, -0.1) is 0 Å². The highest BCUT2D eigenvalue weighted by Gasteiger charge is 2.48. The number of morpholine rings is 1. The highest BCUT2D eigenvalue weighted by Crippen LogP contribution is 2.34. The molecule has 0 spiro atoms. The van der Waals surface area contributed by atoms with Crippen molar-refractivity contribution in [3.05, 3.63) is 0 Å². The Hall–Kier alpha value is -3.55. The quantitative estimate of drug-likeness (QED) is 0.176. The molecule has 3 rings (SSSR count). The van der Waals surface area contributed by atoms with Gasteiger partial charge in [-0.2, -0.15) is 0 Å². The van der Waals surface area contributed by atoms with E-state index >= 15 is 0 Å². The lowest BCUT2D eigenvalue weighted by molar-refractivity contribution is -0.159. The number of hydrogen-bond donors (Lipinski definition) is 4. The van der Waals surface area contributed by atoms with Crippen LogP contribution in [0.15, 0.2) is 0 Å². The molecule has 2 aliphatic heterocycles. The standard InChI is InChI=1S/C33H54N6O8/c1-18(2)20-12-13-38(25(20)29(44)35-21(26(42)28(34)43)14-19-10-9-11-19)30(45)27(33(6,7)8)37-31(46)36-22(32(3,4)5)15-39-23(40)16-47-17-24(39)41/h18-22,25,27H,9-17H2,1-8H3,(H2,34,43)(H,35,44)(H2,36,37,46)/t20?,21?,22-,25+,27-/m1/s1. The molecule has 3 aliphatic rings. The second kappa shape index (κ2) is 15.1. The summed E-state index contributed by atoms with van der Waals surface area (Å²) in [5.41, 5.74) is 3.97. The first kappa shape index (κ1) is 37.9. The number of carbonyl (C=O) groups excluding carboxylic acids is 7. The van der Waals surface area contributed by atoms with Gasteiger partial charge >= 0.3 is 6.03 Å². The van der Waals surface area contributed by atoms with Crippen molar-refractivity contribution >= 4 is 41.4 Å². The number of amides is 7. The number of nitrogens with one attached hydrogen (secondary N) is 3. The molecule has 5 N–H and O–H groups in total. The van der Waals surface area contributed by atoms with Gasteiger partial charge in [0, 0.05) is 13.1 Å². The lowest BCUT2D eigenvalue weighted by Crippen LogP contribution is -2.63. The maximum absolute atomic E-state index is 14.3. The monoisotopic (exact) mass is 662 g/mol. The van der Waals surface area contributed by atoms with Gasteiger partial charge in [0.25, 0.3) is 17.7 Å². The number of urea groups is 1. The van der Waals surface area contributed by atoms with Crippen molar-refractivity contribution in [2.75, 3.05) is 26.3 Å². The van der Waals surface area contributed by atoms with E-state index in [1.54, 1.807) is 20.8 Å². The molecule has 0 aromatic heterocycles. The zero-order chi connectivity index (χ0) is 35.4. The van der Waals surface area contributed by atoms with Crippen molar-refractivity contribution in [1.29, 1.82) is 0 Å². The molecule has 0 aromatic rings. The third-order valence-corrected chi connectivity index (χ3v) is 9.68. The highest BCUT2D eigenvalue weighted by molar-refractivity contribution is 6.37. The summed E-state index contributed by atoms with van der Waals surface area (Å²) in [6.45, 7) is 14.6. The molecular weight excluding hydrogens is 608 g/mol. The average molecular weight is 663 g/mol. The fourth-order valence-corrected chi connectivity index (χ4v) is 6.41. The van der Waals surface area contributed by atoms with Crippen LogP contribution in [0, 0.1) is 28.6 Å². The topological polar surface area (TPSA) is 197 Å². The molecule has 7 amide bonds. The van der Waals surface area contributed by atoms with Gasteiger partial charge in [0.15, 0.2) is 0 Å². The van der Waals surface area contributed by atoms with Gasteiger partial charge < -0.3 is 31.3 Å². The number of primary amides is 1. The fraction of sp³-hybridized carbons (Fsp3) is 0.788. The van der Waals surface area contributed by atoms with Gasteiger partial charge in [0.2, 0.25) is 17.6 Å². The van der Waals surface area contributed by atoms with Crippen LogP contribution in [-0.4, -0.2) is 102 Å². The highest BCUT2D eigenvalue weighted by atomic mass is 16.5. The van der Waals surface area contributed by atoms with Gasteiger partial charge in [0.05, 0.1) is 12.1 Å². The smallest absolute Gasteiger partial charge is 0.315 e. The fourth-order valence-electron chi connectivity index (χ4n) is 6.41. The average Bonchev–Trinajstić information content (AvgIpc) is 3.38. The molecule has 47 heavy (non-hydrogen) atoms. The Bertz CT molecular complexity index is 1220. The summed E-state index contributed by atoms with van der Waals surface area (Å²) in [5, 5.41) is 8.44. The Balaban J connectivity index is 1.82. The number of hydrogen-bond acceptors (Lipinski definition) is 8. The van der Waals surface area contributed by atoms with Crippen LogP contribution in [-0.2, 0) is 33.5 Å². The van der Waals surface area contributed by atoms with Crippen LogP contribution in [0.25, 0.3) is 0 Å². The van der Waals surface area contributed by atoms with Crippen molar-refractivity contribution in [3.63, 3.8) is 0 Å². The third kappa shape index (κ3) is 9.51. The van der Waals surface area contributed by atoms with Crippen LogP contribution < -0.4 is 21.7 Å². The van der Waals surface area contributed by atoms with E-state index in [9.17, 15) is 33.6 Å². The van der Waals surface area contributed by atoms with Gasteiger partial charge in [-0.25, -0.2) is 4.79 Å². The minimum absolute atomic E-state index is 0.0166. The van der Waals surface area contributed by atoms with Crippen LogP contribution in [0.5, 0.6) is 0 Å². The summed E-state index contributed by atoms with van der Waals surface area (Å²) in [5.74, 6) is -3.96. The molecule has 2 saturated heterocycles. The second-order valence-corrected chi connectivity index (χ2v) is 15.7. The SMILES string of the molecule is CC(C)C1CCN(C(=O)[C@@H](NC(=O)N[C@H](CN2C(=O)COCC2=O)C(C)(C)C)C(C)(C)C)[C@@H]1C(=O)NC(CC1CCC1)C(=O)C(N)=O. The summed E-state index contributed by atoms with van der Waals surface area (Å²) in [4.78, 5) is 93.6. The number of likely N-dealkylation sites (tertiary alicyclic amines) is 1. The molecule has 0 bridgehead atoms. The van der Waals surface area contributed by atoms with E-state index in [2.05, 4.69) is 16.0 Å². The molecule has 0 aromatic carbocycles. The Morgan fingerprint density at radius 3 is 1.96 bits per heavy atom. The van der Waals surface area contributed by atoms with Gasteiger partial charge in [-0.05, 0) is 41.4 Å². The predicted molar refractivity (Wildman–Crippen MR) is 172 cm³/mol. The summed E-state index contributed by atoms with van der Waals surface area (Å²) < 4.78 is 5.00. The summed E-state index contributed by atoms with van der Waals surface area (Å²) >= 11 is 0. The first-order chi connectivity index (χ1) is 21.7. The van der Waals surface area contributed by atoms with Crippen LogP contribution in [0.1, 0.15) is 87.5 Å². The van der Waals surface area contributed by atoms with E-state index in [4.69, 9.17) is 10.5 Å². The van der Waals surface area contributed by atoms with E-state index in [1.165, 1.54) is 4.90 Å². The Morgan fingerprint density at radius 2 is 1.49 bits per heavy atom. The van der Waals surface area contributed by atoms with Crippen molar-refractivity contribution in [3.8, 4) is 0 Å². The Morgan fingerprint density at radius 1 is 0.894 bits per heavy atom. The minimum atomic E-state index is -1.12. The van der Waals surface area contributed by atoms with Crippen molar-refractivity contribution in [2.45, 2.75) is 112 Å². The molecule has 14 heteroatoms. The number of Topliss-reactive ketones (excluding diaryl/α,β-unsaturated/α-hetero) is 1. The number of ketones is 1. The van der Waals surface area contributed by atoms with Crippen LogP contribution >= 0.6 is 0 Å². The maximum Gasteiger partial charge on any atom is 0.315 e. The third-order valence-electron chi connectivity index (χ3n) is 9.68. The van der Waals surface area contributed by atoms with E-state index in [1.807, 2.05) is 34.6 Å². The molecule has 2 heterocycles. The van der Waals surface area contributed by atoms with Gasteiger partial charge in [-0.1, -0.05) is 74.7 Å². The Labute approximate surface area is 277 Å². The molecule has 0 radical (unpaired) electrons. The van der Waals surface area contributed by atoms with Gasteiger partial charge in [0.1, 0.15) is 25.3 Å². The summed E-state index contributed by atoms with van der Waals surface area (Å²) in [6.07, 6.45) is 3.67. The molecule has 264 valence electrons. The predicted octanol–water partition coefficient (Wildman–Crippen LogP) is 1.10. The van der Waals surface area contributed by atoms with Crippen molar-refractivity contribution in [1.82, 2.24) is 25.8 Å². The molecule has 1 aliphatic carbocycles. The zero-order valence-electron chi connectivity index (χ0n) is 29.1. The number of ether oxygens (including phenoxy) is 1. The number of rotatable bonds is 12. The van der Waals surface area contributed by atoms with E-state index < -0.39 is 76.3 Å². The van der Waals surface area contributed by atoms with Gasteiger partial charge in [-0.3, -0.25) is 33.7 Å². The van der Waals surface area contributed by atoms with Crippen LogP contribution in [0.3, 0.4) is 0 Å². The van der Waals surface area contributed by atoms with Crippen molar-refractivity contribution in [2.24, 2.45) is 34.3 Å². The van der Waals surface area contributed by atoms with E-state index in [0.29, 0.717) is 12.8 Å². The summed E-state index contributed by atoms with van der Waals surface area (Å²) in [6, 6.07) is -4.39. The number of nitrogens with two attached hydrogens (primary N) is 1. The minimum Gasteiger partial charge on any atom is -0.363 e. The zero-order valence-corrected chi connectivity index (χ0v) is 29.1. The van der Waals surface area contributed by atoms with Crippen LogP contribution in [0.2, 0.25) is 0 Å². The first-order valence-corrected chi connectivity index (χ1v) is 16.6. The van der Waals surface area contributed by atoms with Crippen LogP contribution in [0.4, 0.5) is 4.79 Å². The number of nitrogens with zero attached hydrogens (tertiary/aromatic N) is 2. The Kier molecular flexibility index (Phi) is 12.2. The van der Waals surface area contributed by atoms with Crippen molar-refractivity contribution < 1.29 is 38.3 Å². The largest absolute Gasteiger partial charge is 0.363 e. The number of imide groups is 1. The second-order valence-electron chi connectivity index (χ2n) is 15.7. The molecular formula is C33H54N6O8. The molecule has 1 saturated carbocycles. The van der Waals surface area contributed by atoms with E-state index in [-0.39, 0.29) is 44.1 Å². The normalized spacial score (nSPS) is 22.7. The molecule has 5 atom stereocenters. The molecule has 3 fully saturated rings.